The first-order chi connectivity index (χ1) is 13.3. The topological polar surface area (TPSA) is 26.3 Å². The Balaban J connectivity index is 1.92. The SMILES string of the molecule is Cc1ccccc1C1C=C(c2ccccc2)OC(c2ccccc2)=C1C=O. The Kier molecular flexibility index (Phi) is 4.71. The van der Waals surface area contributed by atoms with Gasteiger partial charge in [0, 0.05) is 22.6 Å². The molecule has 0 saturated carbocycles. The van der Waals surface area contributed by atoms with Crippen molar-refractivity contribution in [2.24, 2.45) is 0 Å². The fourth-order valence-corrected chi connectivity index (χ4v) is 3.48. The highest BCUT2D eigenvalue weighted by Crippen LogP contribution is 2.41. The minimum Gasteiger partial charge on any atom is -0.456 e. The van der Waals surface area contributed by atoms with Gasteiger partial charge in [-0.1, -0.05) is 84.9 Å². The Bertz CT molecular complexity index is 1010. The van der Waals surface area contributed by atoms with E-state index in [0.717, 1.165) is 34.3 Å². The highest BCUT2D eigenvalue weighted by Gasteiger charge is 2.28. The smallest absolute Gasteiger partial charge is 0.150 e. The molecule has 3 aromatic rings. The monoisotopic (exact) mass is 352 g/mol. The number of allylic oxidation sites excluding steroid dienone is 2. The number of hydrogen-bond acceptors (Lipinski definition) is 2. The van der Waals surface area contributed by atoms with Crippen LogP contribution in [0.15, 0.2) is 96.6 Å². The predicted molar refractivity (Wildman–Crippen MR) is 109 cm³/mol. The van der Waals surface area contributed by atoms with Gasteiger partial charge in [-0.2, -0.15) is 0 Å². The summed E-state index contributed by atoms with van der Waals surface area (Å²) >= 11 is 0. The largest absolute Gasteiger partial charge is 0.456 e. The number of carbonyl (C=O) groups excluding carboxylic acids is 1. The molecule has 1 atom stereocenters. The summed E-state index contributed by atoms with van der Waals surface area (Å²) in [6.07, 6.45) is 2.98. The molecule has 0 bridgehead atoms. The molecule has 1 unspecified atom stereocenters. The maximum Gasteiger partial charge on any atom is 0.150 e. The van der Waals surface area contributed by atoms with Crippen molar-refractivity contribution in [3.05, 3.63) is 119 Å². The number of hydrogen-bond donors (Lipinski definition) is 0. The number of aldehydes is 1. The van der Waals surface area contributed by atoms with Crippen molar-refractivity contribution in [3.63, 3.8) is 0 Å². The van der Waals surface area contributed by atoms with E-state index in [2.05, 4.69) is 19.1 Å². The molecular formula is C25H20O2. The first kappa shape index (κ1) is 17.0. The van der Waals surface area contributed by atoms with Crippen LogP contribution >= 0.6 is 0 Å². The fraction of sp³-hybridized carbons (Fsp3) is 0.0800. The van der Waals surface area contributed by atoms with Crippen LogP contribution in [0.5, 0.6) is 0 Å². The Morgan fingerprint density at radius 3 is 2.00 bits per heavy atom. The highest BCUT2D eigenvalue weighted by atomic mass is 16.5. The van der Waals surface area contributed by atoms with Gasteiger partial charge in [0.05, 0.1) is 0 Å². The van der Waals surface area contributed by atoms with Gasteiger partial charge < -0.3 is 4.74 Å². The van der Waals surface area contributed by atoms with Crippen LogP contribution in [0.1, 0.15) is 28.2 Å². The van der Waals surface area contributed by atoms with Crippen molar-refractivity contribution < 1.29 is 9.53 Å². The molecule has 2 nitrogen and oxygen atoms in total. The molecule has 0 amide bonds. The van der Waals surface area contributed by atoms with E-state index in [1.165, 1.54) is 0 Å². The molecule has 1 heterocycles. The molecule has 3 aromatic carbocycles. The van der Waals surface area contributed by atoms with Crippen molar-refractivity contribution in [1.82, 2.24) is 0 Å². The van der Waals surface area contributed by atoms with Crippen LogP contribution in [-0.2, 0) is 9.53 Å². The number of carbonyl (C=O) groups is 1. The molecule has 2 heteroatoms. The van der Waals surface area contributed by atoms with E-state index in [-0.39, 0.29) is 5.92 Å². The lowest BCUT2D eigenvalue weighted by molar-refractivity contribution is -0.105. The summed E-state index contributed by atoms with van der Waals surface area (Å²) in [5, 5.41) is 0. The third-order valence-electron chi connectivity index (χ3n) is 4.87. The quantitative estimate of drug-likeness (QED) is 0.558. The van der Waals surface area contributed by atoms with Gasteiger partial charge in [0.15, 0.2) is 6.29 Å². The Morgan fingerprint density at radius 1 is 0.778 bits per heavy atom. The molecule has 132 valence electrons. The second-order valence-corrected chi connectivity index (χ2v) is 6.60. The van der Waals surface area contributed by atoms with Crippen molar-refractivity contribution in [2.75, 3.05) is 0 Å². The van der Waals surface area contributed by atoms with E-state index >= 15 is 0 Å². The third kappa shape index (κ3) is 3.34. The summed E-state index contributed by atoms with van der Waals surface area (Å²) in [6, 6.07) is 28.0. The van der Waals surface area contributed by atoms with Gasteiger partial charge in [0.1, 0.15) is 11.5 Å². The average Bonchev–Trinajstić information content (AvgIpc) is 2.74. The van der Waals surface area contributed by atoms with Crippen LogP contribution < -0.4 is 0 Å². The normalized spacial score (nSPS) is 16.5. The van der Waals surface area contributed by atoms with Crippen molar-refractivity contribution in [1.29, 1.82) is 0 Å². The zero-order chi connectivity index (χ0) is 18.6. The highest BCUT2D eigenvalue weighted by molar-refractivity contribution is 5.92. The van der Waals surface area contributed by atoms with Gasteiger partial charge in [0.25, 0.3) is 0 Å². The predicted octanol–water partition coefficient (Wildman–Crippen LogP) is 5.76. The summed E-state index contributed by atoms with van der Waals surface area (Å²) in [7, 11) is 0. The molecule has 0 aromatic heterocycles. The molecule has 1 aliphatic heterocycles. The summed E-state index contributed by atoms with van der Waals surface area (Å²) < 4.78 is 6.26. The number of ether oxygens (including phenoxy) is 1. The zero-order valence-corrected chi connectivity index (χ0v) is 15.1. The summed E-state index contributed by atoms with van der Waals surface area (Å²) in [6.45, 7) is 2.07. The van der Waals surface area contributed by atoms with Crippen molar-refractivity contribution in [2.45, 2.75) is 12.8 Å². The number of aryl methyl sites for hydroxylation is 1. The molecule has 0 aliphatic carbocycles. The second-order valence-electron chi connectivity index (χ2n) is 6.60. The van der Waals surface area contributed by atoms with E-state index < -0.39 is 0 Å². The Hall–Kier alpha value is -3.39. The van der Waals surface area contributed by atoms with E-state index in [1.807, 2.05) is 78.9 Å². The fourth-order valence-electron chi connectivity index (χ4n) is 3.48. The van der Waals surface area contributed by atoms with E-state index in [1.54, 1.807) is 0 Å². The van der Waals surface area contributed by atoms with Crippen LogP contribution in [-0.4, -0.2) is 6.29 Å². The lowest BCUT2D eigenvalue weighted by Gasteiger charge is -2.27. The first-order valence-corrected chi connectivity index (χ1v) is 9.03. The number of rotatable bonds is 4. The molecule has 0 fully saturated rings. The second kappa shape index (κ2) is 7.46. The Labute approximate surface area is 159 Å². The van der Waals surface area contributed by atoms with Crippen LogP contribution in [0, 0.1) is 6.92 Å². The molecule has 0 radical (unpaired) electrons. The van der Waals surface area contributed by atoms with Gasteiger partial charge in [-0.15, -0.1) is 0 Å². The van der Waals surface area contributed by atoms with Crippen LogP contribution in [0.25, 0.3) is 11.5 Å². The lowest BCUT2D eigenvalue weighted by Crippen LogP contribution is -2.13. The molecular weight excluding hydrogens is 332 g/mol. The maximum atomic E-state index is 12.1. The minimum absolute atomic E-state index is 0.150. The molecule has 0 saturated heterocycles. The van der Waals surface area contributed by atoms with Gasteiger partial charge >= 0.3 is 0 Å². The summed E-state index contributed by atoms with van der Waals surface area (Å²) in [5.74, 6) is 1.25. The van der Waals surface area contributed by atoms with Crippen LogP contribution in [0.4, 0.5) is 0 Å². The van der Waals surface area contributed by atoms with Gasteiger partial charge in [-0.25, -0.2) is 0 Å². The molecule has 0 N–H and O–H groups in total. The van der Waals surface area contributed by atoms with Crippen LogP contribution in [0.2, 0.25) is 0 Å². The molecule has 1 aliphatic rings. The molecule has 27 heavy (non-hydrogen) atoms. The standard InChI is InChI=1S/C25H20O2/c1-18-10-8-9-15-21(18)22-16-24(19-11-4-2-5-12-19)27-25(23(22)17-26)20-13-6-3-7-14-20/h2-17,22H,1H3. The van der Waals surface area contributed by atoms with E-state index in [9.17, 15) is 4.79 Å². The van der Waals surface area contributed by atoms with Gasteiger partial charge in [0.2, 0.25) is 0 Å². The van der Waals surface area contributed by atoms with Crippen molar-refractivity contribution >= 4 is 17.8 Å². The first-order valence-electron chi connectivity index (χ1n) is 9.03. The van der Waals surface area contributed by atoms with Crippen molar-refractivity contribution in [3.8, 4) is 0 Å². The summed E-state index contributed by atoms with van der Waals surface area (Å²) in [5.41, 5.74) is 4.81. The zero-order valence-electron chi connectivity index (χ0n) is 15.1. The molecule has 4 rings (SSSR count). The molecule has 0 spiro atoms. The van der Waals surface area contributed by atoms with Crippen LogP contribution in [0.3, 0.4) is 0 Å². The maximum absolute atomic E-state index is 12.1. The van der Waals surface area contributed by atoms with Gasteiger partial charge in [-0.05, 0) is 24.1 Å². The number of benzene rings is 3. The Morgan fingerprint density at radius 2 is 1.37 bits per heavy atom. The van der Waals surface area contributed by atoms with Gasteiger partial charge in [-0.3, -0.25) is 4.79 Å². The van der Waals surface area contributed by atoms with E-state index in [0.29, 0.717) is 11.3 Å². The summed E-state index contributed by atoms with van der Waals surface area (Å²) in [4.78, 5) is 12.1. The third-order valence-corrected chi connectivity index (χ3v) is 4.87. The average molecular weight is 352 g/mol. The lowest BCUT2D eigenvalue weighted by atomic mass is 9.84. The minimum atomic E-state index is -0.150. The van der Waals surface area contributed by atoms with E-state index in [4.69, 9.17) is 4.74 Å².